The molecule has 0 saturated carbocycles. The van der Waals surface area contributed by atoms with E-state index >= 15 is 0 Å². The number of hydrogen-bond acceptors (Lipinski definition) is 9. The smallest absolute Gasteiger partial charge is 0.350 e. The summed E-state index contributed by atoms with van der Waals surface area (Å²) in [6.07, 6.45) is 0. The topological polar surface area (TPSA) is 106 Å². The van der Waals surface area contributed by atoms with Gasteiger partial charge in [0.15, 0.2) is 5.13 Å². The molecular weight excluding hydrogens is 548 g/mol. The molecule has 2 aromatic heterocycles. The van der Waals surface area contributed by atoms with Gasteiger partial charge in [0.25, 0.3) is 5.78 Å². The number of aryl methyl sites for hydroxylation is 2. The average molecular weight is 575 g/mol. The monoisotopic (exact) mass is 574 g/mol. The number of rotatable bonds is 8. The number of hydrogen-bond donors (Lipinski definition) is 1. The van der Waals surface area contributed by atoms with Crippen molar-refractivity contribution in [1.29, 1.82) is 0 Å². The molecule has 1 amide bonds. The van der Waals surface area contributed by atoms with E-state index in [-0.39, 0.29) is 27.9 Å². The number of thiophene rings is 1. The molecular formula is C30H26N2O6S2. The summed E-state index contributed by atoms with van der Waals surface area (Å²) in [6.45, 7) is 5.95. The zero-order valence-electron chi connectivity index (χ0n) is 22.0. The summed E-state index contributed by atoms with van der Waals surface area (Å²) >= 11 is 2.32. The van der Waals surface area contributed by atoms with Crippen molar-refractivity contribution in [3.05, 3.63) is 104 Å². The van der Waals surface area contributed by atoms with Gasteiger partial charge in [-0.3, -0.25) is 14.5 Å². The van der Waals surface area contributed by atoms with Gasteiger partial charge in [-0.05, 0) is 62.0 Å². The summed E-state index contributed by atoms with van der Waals surface area (Å²) in [6, 6.07) is 17.4. The van der Waals surface area contributed by atoms with E-state index < -0.39 is 23.7 Å². The molecule has 1 aliphatic rings. The van der Waals surface area contributed by atoms with Crippen molar-refractivity contribution < 1.29 is 29.0 Å². The van der Waals surface area contributed by atoms with E-state index in [9.17, 15) is 19.5 Å². The van der Waals surface area contributed by atoms with Crippen molar-refractivity contribution in [3.63, 3.8) is 0 Å². The Hall–Kier alpha value is -4.28. The second-order valence-corrected chi connectivity index (χ2v) is 11.1. The standard InChI is InChI=1S/C30H26N2O6S2/c1-4-37-29(36)27-18(3)31-30(40-27)32-24(22-9-6-14-39-22)23(26(34)28(32)35)25(33)20-10-12-21(13-11-20)38-16-19-8-5-7-17(2)15-19/h5-15,24,33H,4,16H2,1-3H3. The number of nitrogens with zero attached hydrogens (tertiary/aromatic N) is 2. The SMILES string of the molecule is CCOC(=O)c1sc(N2C(=O)C(=O)C(=C(O)c3ccc(OCc4cccc(C)c4)cc3)C2c2cccs2)nc1C. The van der Waals surface area contributed by atoms with Crippen LogP contribution in [-0.4, -0.2) is 34.4 Å². The minimum atomic E-state index is -0.905. The first-order valence-corrected chi connectivity index (χ1v) is 14.3. The third kappa shape index (κ3) is 5.28. The molecule has 40 heavy (non-hydrogen) atoms. The number of benzene rings is 2. The maximum Gasteiger partial charge on any atom is 0.350 e. The molecule has 1 saturated heterocycles. The van der Waals surface area contributed by atoms with Gasteiger partial charge in [-0.15, -0.1) is 11.3 Å². The predicted molar refractivity (Wildman–Crippen MR) is 154 cm³/mol. The van der Waals surface area contributed by atoms with Crippen LogP contribution >= 0.6 is 22.7 Å². The van der Waals surface area contributed by atoms with Crippen molar-refractivity contribution >= 4 is 51.2 Å². The van der Waals surface area contributed by atoms with E-state index in [1.807, 2.05) is 36.6 Å². The van der Waals surface area contributed by atoms with E-state index in [2.05, 4.69) is 4.98 Å². The Morgan fingerprint density at radius 1 is 1.07 bits per heavy atom. The fourth-order valence-corrected chi connectivity index (χ4v) is 6.26. The first-order valence-electron chi connectivity index (χ1n) is 12.6. The van der Waals surface area contributed by atoms with Gasteiger partial charge in [0.2, 0.25) is 0 Å². The third-order valence-electron chi connectivity index (χ3n) is 6.33. The fraction of sp³-hybridized carbons (Fsp3) is 0.200. The Morgan fingerprint density at radius 3 is 2.52 bits per heavy atom. The summed E-state index contributed by atoms with van der Waals surface area (Å²) in [4.78, 5) is 45.7. The fourth-order valence-electron chi connectivity index (χ4n) is 4.45. The van der Waals surface area contributed by atoms with Crippen LogP contribution in [0.4, 0.5) is 5.13 Å². The normalized spacial score (nSPS) is 16.4. The number of thiazole rings is 1. The van der Waals surface area contributed by atoms with Gasteiger partial charge in [0.05, 0.1) is 17.9 Å². The summed E-state index contributed by atoms with van der Waals surface area (Å²) in [7, 11) is 0. The van der Waals surface area contributed by atoms with Gasteiger partial charge in [0.1, 0.15) is 29.0 Å². The highest BCUT2D eigenvalue weighted by atomic mass is 32.1. The molecule has 0 spiro atoms. The molecule has 3 heterocycles. The molecule has 5 rings (SSSR count). The highest BCUT2D eigenvalue weighted by Crippen LogP contribution is 2.45. The molecule has 0 bridgehead atoms. The predicted octanol–water partition coefficient (Wildman–Crippen LogP) is 6.20. The Morgan fingerprint density at radius 2 is 1.85 bits per heavy atom. The van der Waals surface area contributed by atoms with Gasteiger partial charge >= 0.3 is 11.9 Å². The van der Waals surface area contributed by atoms with Crippen LogP contribution in [0.25, 0.3) is 5.76 Å². The molecule has 204 valence electrons. The highest BCUT2D eigenvalue weighted by Gasteiger charge is 2.49. The van der Waals surface area contributed by atoms with Gasteiger partial charge in [-0.2, -0.15) is 0 Å². The van der Waals surface area contributed by atoms with Crippen molar-refractivity contribution in [2.45, 2.75) is 33.4 Å². The largest absolute Gasteiger partial charge is 0.507 e. The van der Waals surface area contributed by atoms with E-state index in [1.165, 1.54) is 16.2 Å². The van der Waals surface area contributed by atoms with Crippen molar-refractivity contribution in [1.82, 2.24) is 4.98 Å². The van der Waals surface area contributed by atoms with Crippen molar-refractivity contribution in [2.24, 2.45) is 0 Å². The molecule has 1 fully saturated rings. The van der Waals surface area contributed by atoms with E-state index in [0.717, 1.165) is 22.5 Å². The van der Waals surface area contributed by atoms with E-state index in [4.69, 9.17) is 9.47 Å². The third-order valence-corrected chi connectivity index (χ3v) is 8.39. The quantitative estimate of drug-likeness (QED) is 0.116. The van der Waals surface area contributed by atoms with Gasteiger partial charge in [-0.1, -0.05) is 47.2 Å². The summed E-state index contributed by atoms with van der Waals surface area (Å²) < 4.78 is 11.0. The Bertz CT molecular complexity index is 1610. The Balaban J connectivity index is 1.48. The maximum atomic E-state index is 13.3. The minimum Gasteiger partial charge on any atom is -0.507 e. The van der Waals surface area contributed by atoms with Crippen LogP contribution in [0.1, 0.15) is 49.9 Å². The number of ketones is 1. The molecule has 1 aliphatic heterocycles. The molecule has 2 aromatic carbocycles. The number of Topliss-reactive ketones (excluding diaryl/α,β-unsaturated/α-hetero) is 1. The van der Waals surface area contributed by atoms with E-state index in [1.54, 1.807) is 50.2 Å². The summed E-state index contributed by atoms with van der Waals surface area (Å²) in [5, 5.41) is 13.3. The first-order chi connectivity index (χ1) is 19.3. The number of aliphatic hydroxyl groups excluding tert-OH is 1. The molecule has 8 nitrogen and oxygen atoms in total. The molecule has 0 radical (unpaired) electrons. The second-order valence-electron chi connectivity index (χ2n) is 9.12. The average Bonchev–Trinajstić information content (AvgIpc) is 3.66. The maximum absolute atomic E-state index is 13.3. The Labute approximate surface area is 239 Å². The summed E-state index contributed by atoms with van der Waals surface area (Å²) in [5.41, 5.74) is 2.89. The van der Waals surface area contributed by atoms with Gasteiger partial charge in [-0.25, -0.2) is 9.78 Å². The van der Waals surface area contributed by atoms with Crippen LogP contribution in [-0.2, 0) is 20.9 Å². The lowest BCUT2D eigenvalue weighted by Crippen LogP contribution is -2.29. The van der Waals surface area contributed by atoms with Gasteiger partial charge in [0, 0.05) is 10.4 Å². The number of carbonyl (C=O) groups excluding carboxylic acids is 3. The molecule has 4 aromatic rings. The zero-order chi connectivity index (χ0) is 28.4. The van der Waals surface area contributed by atoms with Gasteiger partial charge < -0.3 is 14.6 Å². The number of anilines is 1. The van der Waals surface area contributed by atoms with Crippen LogP contribution in [0.15, 0.2) is 71.6 Å². The minimum absolute atomic E-state index is 0.0496. The lowest BCUT2D eigenvalue weighted by atomic mass is 10.00. The molecule has 10 heteroatoms. The number of carbonyl (C=O) groups is 3. The number of aliphatic hydroxyl groups is 1. The van der Waals surface area contributed by atoms with Crippen molar-refractivity contribution in [2.75, 3.05) is 11.5 Å². The van der Waals surface area contributed by atoms with Crippen molar-refractivity contribution in [3.8, 4) is 5.75 Å². The lowest BCUT2D eigenvalue weighted by molar-refractivity contribution is -0.132. The van der Waals surface area contributed by atoms with Crippen LogP contribution < -0.4 is 9.64 Å². The zero-order valence-corrected chi connectivity index (χ0v) is 23.7. The second kappa shape index (κ2) is 11.4. The van der Waals surface area contributed by atoms with Crippen LogP contribution in [0.3, 0.4) is 0 Å². The first kappa shape index (κ1) is 27.3. The van der Waals surface area contributed by atoms with Crippen LogP contribution in [0.5, 0.6) is 5.75 Å². The highest BCUT2D eigenvalue weighted by molar-refractivity contribution is 7.18. The Kier molecular flexibility index (Phi) is 7.81. The van der Waals surface area contributed by atoms with Crippen LogP contribution in [0.2, 0.25) is 0 Å². The molecule has 1 N–H and O–H groups in total. The number of ether oxygens (including phenoxy) is 2. The van der Waals surface area contributed by atoms with Crippen LogP contribution in [0, 0.1) is 13.8 Å². The van der Waals surface area contributed by atoms with E-state index in [0.29, 0.717) is 28.5 Å². The molecule has 1 atom stereocenters. The summed E-state index contributed by atoms with van der Waals surface area (Å²) in [5.74, 6) is -1.91. The molecule has 0 aliphatic carbocycles. The molecule has 1 unspecified atom stereocenters. The lowest BCUT2D eigenvalue weighted by Gasteiger charge is -2.21. The number of aromatic nitrogens is 1. The number of amides is 1. The number of esters is 1.